The maximum atomic E-state index is 14.0. The first-order valence-electron chi connectivity index (χ1n) is 13.4. The molecule has 0 N–H and O–H groups in total. The van der Waals surface area contributed by atoms with Crippen molar-refractivity contribution in [2.45, 2.75) is 20.8 Å². The number of Topliss-reactive ketones (excluding diaryl/α,β-unsaturated/α-hetero) is 2. The van der Waals surface area contributed by atoms with Gasteiger partial charge in [0.05, 0.1) is 11.1 Å². The first-order valence-corrected chi connectivity index (χ1v) is 13.4. The number of carbonyl (C=O) groups is 4. The monoisotopic (exact) mass is 572 g/mol. The molecule has 0 heterocycles. The van der Waals surface area contributed by atoms with Crippen molar-refractivity contribution >= 4 is 35.4 Å². The van der Waals surface area contributed by atoms with E-state index in [1.807, 2.05) is 0 Å². The van der Waals surface area contributed by atoms with Gasteiger partial charge in [0.25, 0.3) is 0 Å². The third kappa shape index (κ3) is 4.99. The first-order chi connectivity index (χ1) is 20.7. The van der Waals surface area contributed by atoms with Crippen molar-refractivity contribution in [2.75, 3.05) is 0 Å². The van der Waals surface area contributed by atoms with Gasteiger partial charge >= 0.3 is 12.3 Å². The van der Waals surface area contributed by atoms with Crippen molar-refractivity contribution in [3.05, 3.63) is 141 Å². The molecule has 0 saturated heterocycles. The highest BCUT2D eigenvalue weighted by Gasteiger charge is 2.43. The summed E-state index contributed by atoms with van der Waals surface area (Å²) in [4.78, 5) is 54.3. The summed E-state index contributed by atoms with van der Waals surface area (Å²) in [5, 5.41) is 0. The third-order valence-corrected chi connectivity index (χ3v) is 7.18. The van der Waals surface area contributed by atoms with Crippen molar-refractivity contribution in [3.8, 4) is 11.5 Å². The Hall–Kier alpha value is -5.76. The Bertz CT molecular complexity index is 1930. The Morgan fingerprint density at radius 2 is 0.930 bits per heavy atom. The molecule has 2 aliphatic carbocycles. The quantitative estimate of drug-likeness (QED) is 0.182. The van der Waals surface area contributed by atoms with Crippen LogP contribution in [0, 0.1) is 20.8 Å². The van der Waals surface area contributed by atoms with Crippen molar-refractivity contribution in [1.82, 2.24) is 0 Å². The van der Waals surface area contributed by atoms with Gasteiger partial charge < -0.3 is 18.9 Å². The number of carbonyl (C=O) groups excluding carboxylic acids is 4. The Kier molecular flexibility index (Phi) is 6.95. The molecule has 0 aromatic heterocycles. The summed E-state index contributed by atoms with van der Waals surface area (Å²) in [5.74, 6) is -0.981. The van der Waals surface area contributed by atoms with Gasteiger partial charge in [-0.1, -0.05) is 78.4 Å². The molecule has 8 heteroatoms. The van der Waals surface area contributed by atoms with Crippen LogP contribution in [0.25, 0.3) is 11.5 Å². The Morgan fingerprint density at radius 1 is 0.488 bits per heavy atom. The van der Waals surface area contributed by atoms with E-state index in [2.05, 4.69) is 0 Å². The zero-order valence-corrected chi connectivity index (χ0v) is 23.4. The molecule has 2 aliphatic rings. The minimum atomic E-state index is -1.11. The van der Waals surface area contributed by atoms with E-state index in [0.717, 1.165) is 5.56 Å². The normalized spacial score (nSPS) is 13.6. The van der Waals surface area contributed by atoms with E-state index in [1.54, 1.807) is 106 Å². The lowest BCUT2D eigenvalue weighted by Crippen LogP contribution is -2.29. The molecule has 212 valence electrons. The van der Waals surface area contributed by atoms with Gasteiger partial charge in [-0.05, 0) is 50.1 Å². The SMILES string of the molecule is Cc1ccc2c(c1)C(OC(=O)Oc1ccccc1C)=C1C(=O)c3ccccc3C(OC(=O)Oc3ccccc3C)=C1C2=O. The second-order valence-electron chi connectivity index (χ2n) is 10.1. The second kappa shape index (κ2) is 10.9. The summed E-state index contributed by atoms with van der Waals surface area (Å²) in [6.07, 6.45) is -2.21. The van der Waals surface area contributed by atoms with Gasteiger partial charge in [0.1, 0.15) is 11.5 Å². The topological polar surface area (TPSA) is 105 Å². The molecule has 6 rings (SSSR count). The van der Waals surface area contributed by atoms with Crippen LogP contribution in [0.5, 0.6) is 11.5 Å². The molecule has 0 unspecified atom stereocenters. The van der Waals surface area contributed by atoms with Crippen LogP contribution in [0.1, 0.15) is 48.5 Å². The van der Waals surface area contributed by atoms with Gasteiger partial charge in [0.2, 0.25) is 0 Å². The zero-order valence-electron chi connectivity index (χ0n) is 23.4. The lowest BCUT2D eigenvalue weighted by Gasteiger charge is -2.29. The molecule has 0 saturated carbocycles. The lowest BCUT2D eigenvalue weighted by atomic mass is 9.76. The number of allylic oxidation sites excluding steroid dienone is 2. The third-order valence-electron chi connectivity index (χ3n) is 7.18. The summed E-state index contributed by atoms with van der Waals surface area (Å²) >= 11 is 0. The van der Waals surface area contributed by atoms with E-state index in [4.69, 9.17) is 18.9 Å². The van der Waals surface area contributed by atoms with Gasteiger partial charge in [0, 0.05) is 22.3 Å². The molecule has 0 atom stereocenters. The summed E-state index contributed by atoms with van der Waals surface area (Å²) in [7, 11) is 0. The van der Waals surface area contributed by atoms with Crippen molar-refractivity contribution in [1.29, 1.82) is 0 Å². The Labute approximate surface area is 246 Å². The molecule has 4 aromatic carbocycles. The first kappa shape index (κ1) is 27.4. The van der Waals surface area contributed by atoms with E-state index in [0.29, 0.717) is 11.1 Å². The highest BCUT2D eigenvalue weighted by Crippen LogP contribution is 2.45. The van der Waals surface area contributed by atoms with E-state index in [1.165, 1.54) is 6.07 Å². The molecule has 0 aliphatic heterocycles. The molecule has 8 nitrogen and oxygen atoms in total. The van der Waals surface area contributed by atoms with Crippen LogP contribution in [-0.2, 0) is 9.47 Å². The maximum Gasteiger partial charge on any atom is 0.519 e. The highest BCUT2D eigenvalue weighted by molar-refractivity contribution is 6.34. The fourth-order valence-corrected chi connectivity index (χ4v) is 5.06. The van der Waals surface area contributed by atoms with Crippen LogP contribution in [0.3, 0.4) is 0 Å². The van der Waals surface area contributed by atoms with E-state index >= 15 is 0 Å². The molecule has 4 aromatic rings. The number of ketones is 2. The number of rotatable bonds is 4. The number of aryl methyl sites for hydroxylation is 3. The van der Waals surface area contributed by atoms with Crippen LogP contribution in [0.15, 0.2) is 102 Å². The molecular weight excluding hydrogens is 548 g/mol. The van der Waals surface area contributed by atoms with Crippen molar-refractivity contribution in [2.24, 2.45) is 0 Å². The van der Waals surface area contributed by atoms with Crippen LogP contribution >= 0.6 is 0 Å². The highest BCUT2D eigenvalue weighted by atomic mass is 16.7. The summed E-state index contributed by atoms with van der Waals surface area (Å²) in [5.41, 5.74) is 2.47. The van der Waals surface area contributed by atoms with Crippen LogP contribution in [-0.4, -0.2) is 23.9 Å². The van der Waals surface area contributed by atoms with Gasteiger partial charge in [-0.2, -0.15) is 0 Å². The molecule has 0 radical (unpaired) electrons. The lowest BCUT2D eigenvalue weighted by molar-refractivity contribution is 0.0979. The molecular formula is C35H24O8. The van der Waals surface area contributed by atoms with Crippen LogP contribution in [0.2, 0.25) is 0 Å². The number of hydrogen-bond donors (Lipinski definition) is 0. The summed E-state index contributed by atoms with van der Waals surface area (Å²) in [6.45, 7) is 5.34. The largest absolute Gasteiger partial charge is 0.519 e. The zero-order chi connectivity index (χ0) is 30.2. The van der Waals surface area contributed by atoms with Gasteiger partial charge in [-0.15, -0.1) is 0 Å². The standard InChI is InChI=1S/C35H24O8/c1-19-16-17-23-25(18-19)33(43-35(39)41-27-15-9-5-11-21(27)3)29-28(31(23)37)32(24-13-7-6-12-22(24)30(29)36)42-34(38)40-26-14-8-4-10-20(26)2/h4-18H,1-3H3. The summed E-state index contributed by atoms with van der Waals surface area (Å²) in [6, 6.07) is 25.1. The molecule has 0 fully saturated rings. The predicted molar refractivity (Wildman–Crippen MR) is 157 cm³/mol. The fourth-order valence-electron chi connectivity index (χ4n) is 5.06. The number of fused-ring (bicyclic) bond motifs is 3. The van der Waals surface area contributed by atoms with Gasteiger partial charge in [0.15, 0.2) is 23.1 Å². The Balaban J connectivity index is 1.51. The molecule has 0 spiro atoms. The predicted octanol–water partition coefficient (Wildman–Crippen LogP) is 7.56. The minimum Gasteiger partial charge on any atom is -0.394 e. The molecule has 0 bridgehead atoms. The van der Waals surface area contributed by atoms with Crippen LogP contribution < -0.4 is 9.47 Å². The maximum absolute atomic E-state index is 14.0. The average Bonchev–Trinajstić information content (AvgIpc) is 2.99. The van der Waals surface area contributed by atoms with E-state index < -0.39 is 23.9 Å². The van der Waals surface area contributed by atoms with Gasteiger partial charge in [-0.3, -0.25) is 9.59 Å². The minimum absolute atomic E-state index is 0.150. The van der Waals surface area contributed by atoms with E-state index in [9.17, 15) is 19.2 Å². The smallest absolute Gasteiger partial charge is 0.394 e. The number of para-hydroxylation sites is 2. The number of ether oxygens (including phenoxy) is 4. The van der Waals surface area contributed by atoms with Crippen LogP contribution in [0.4, 0.5) is 9.59 Å². The van der Waals surface area contributed by atoms with Crippen molar-refractivity contribution < 1.29 is 38.1 Å². The second-order valence-corrected chi connectivity index (χ2v) is 10.1. The number of hydrogen-bond acceptors (Lipinski definition) is 8. The molecule has 43 heavy (non-hydrogen) atoms. The average molecular weight is 573 g/mol. The van der Waals surface area contributed by atoms with Gasteiger partial charge in [-0.25, -0.2) is 9.59 Å². The molecule has 0 amide bonds. The Morgan fingerprint density at radius 3 is 1.47 bits per heavy atom. The van der Waals surface area contributed by atoms with Crippen molar-refractivity contribution in [3.63, 3.8) is 0 Å². The fraction of sp³-hybridized carbons (Fsp3) is 0.0857. The summed E-state index contributed by atoms with van der Waals surface area (Å²) < 4.78 is 22.4. The number of benzene rings is 4. The van der Waals surface area contributed by atoms with E-state index in [-0.39, 0.29) is 56.4 Å².